The van der Waals surface area contributed by atoms with Gasteiger partial charge in [0.05, 0.1) is 31.6 Å². The summed E-state index contributed by atoms with van der Waals surface area (Å²) < 4.78 is 18.7. The number of aromatic amines is 1. The lowest BCUT2D eigenvalue weighted by atomic mass is 10.1. The predicted octanol–water partition coefficient (Wildman–Crippen LogP) is 2.46. The van der Waals surface area contributed by atoms with Gasteiger partial charge in [0.2, 0.25) is 17.8 Å². The fourth-order valence-corrected chi connectivity index (χ4v) is 3.69. The van der Waals surface area contributed by atoms with Gasteiger partial charge in [0.15, 0.2) is 11.6 Å². The molecule has 1 aliphatic rings. The smallest absolute Gasteiger partial charge is 0.235 e. The molecule has 0 radical (unpaired) electrons. The minimum absolute atomic E-state index is 0.336. The maximum Gasteiger partial charge on any atom is 0.235 e. The first-order chi connectivity index (χ1) is 17.6. The van der Waals surface area contributed by atoms with Crippen LogP contribution in [0.3, 0.4) is 0 Å². The summed E-state index contributed by atoms with van der Waals surface area (Å²) >= 11 is 0. The Hall–Kier alpha value is -4.26. The molecule has 1 aliphatic heterocycles. The number of halogens is 1. The Morgan fingerprint density at radius 1 is 1.06 bits per heavy atom. The number of rotatable bonds is 9. The molecule has 5 rings (SSSR count). The summed E-state index contributed by atoms with van der Waals surface area (Å²) in [4.78, 5) is 27.9. The van der Waals surface area contributed by atoms with Gasteiger partial charge in [0.25, 0.3) is 0 Å². The molecular weight excluding hydrogens is 465 g/mol. The number of anilines is 4. The number of nitrogens with one attached hydrogen (secondary N) is 3. The summed E-state index contributed by atoms with van der Waals surface area (Å²) in [5.41, 5.74) is 2.19. The van der Waals surface area contributed by atoms with Gasteiger partial charge in [0.1, 0.15) is 5.82 Å². The Kier molecular flexibility index (Phi) is 7.17. The van der Waals surface area contributed by atoms with E-state index in [1.165, 1.54) is 5.56 Å². The standard InChI is InChI=1S/C23H26FN11O/c1-15(20-26-13-17(24)14-27-20)28-21-30-22(32-23(31-21)35-8-10-36-11-9-35)29-19-12-18(33-34-19)3-2-16-4-6-25-7-5-16/h4-7,12-15H,2-3,8-11H2,1H3,(H3,28,29,30,31,32,33,34)/t15-/m0/s1. The summed E-state index contributed by atoms with van der Waals surface area (Å²) in [5.74, 6) is 1.71. The molecule has 4 aromatic heterocycles. The van der Waals surface area contributed by atoms with Crippen molar-refractivity contribution in [2.75, 3.05) is 41.8 Å². The first-order valence-corrected chi connectivity index (χ1v) is 11.7. The molecule has 13 heteroatoms. The van der Waals surface area contributed by atoms with Crippen LogP contribution in [0.5, 0.6) is 0 Å². The molecule has 1 saturated heterocycles. The molecule has 1 atom stereocenters. The second-order valence-corrected chi connectivity index (χ2v) is 8.27. The van der Waals surface area contributed by atoms with E-state index in [0.29, 0.717) is 55.8 Å². The molecule has 0 bridgehead atoms. The van der Waals surface area contributed by atoms with Crippen molar-refractivity contribution in [1.82, 2.24) is 40.1 Å². The quantitative estimate of drug-likeness (QED) is 0.318. The van der Waals surface area contributed by atoms with Crippen molar-refractivity contribution >= 4 is 23.7 Å². The molecule has 12 nitrogen and oxygen atoms in total. The Bertz CT molecular complexity index is 1260. The zero-order chi connectivity index (χ0) is 24.7. The average Bonchev–Trinajstić information content (AvgIpc) is 3.36. The number of ether oxygens (including phenoxy) is 1. The highest BCUT2D eigenvalue weighted by Gasteiger charge is 2.19. The van der Waals surface area contributed by atoms with Crippen molar-refractivity contribution < 1.29 is 9.13 Å². The molecule has 36 heavy (non-hydrogen) atoms. The number of hydrogen-bond donors (Lipinski definition) is 3. The largest absolute Gasteiger partial charge is 0.378 e. The van der Waals surface area contributed by atoms with Crippen LogP contribution in [-0.2, 0) is 17.6 Å². The molecule has 1 fully saturated rings. The van der Waals surface area contributed by atoms with Gasteiger partial charge in [-0.3, -0.25) is 10.1 Å². The van der Waals surface area contributed by atoms with E-state index in [2.05, 4.69) is 50.7 Å². The van der Waals surface area contributed by atoms with Crippen LogP contribution in [0.2, 0.25) is 0 Å². The summed E-state index contributed by atoms with van der Waals surface area (Å²) in [7, 11) is 0. The third-order valence-electron chi connectivity index (χ3n) is 5.59. The predicted molar refractivity (Wildman–Crippen MR) is 130 cm³/mol. The molecule has 186 valence electrons. The first kappa shape index (κ1) is 23.5. The Morgan fingerprint density at radius 3 is 2.58 bits per heavy atom. The van der Waals surface area contributed by atoms with E-state index in [0.717, 1.165) is 30.9 Å². The van der Waals surface area contributed by atoms with Gasteiger partial charge in [-0.2, -0.15) is 20.1 Å². The molecule has 0 aliphatic carbocycles. The van der Waals surface area contributed by atoms with Gasteiger partial charge >= 0.3 is 0 Å². The number of pyridine rings is 1. The van der Waals surface area contributed by atoms with Crippen LogP contribution in [0.15, 0.2) is 43.0 Å². The van der Waals surface area contributed by atoms with Crippen molar-refractivity contribution in [1.29, 1.82) is 0 Å². The van der Waals surface area contributed by atoms with Crippen LogP contribution in [0.4, 0.5) is 28.1 Å². The lowest BCUT2D eigenvalue weighted by molar-refractivity contribution is 0.122. The van der Waals surface area contributed by atoms with Crippen molar-refractivity contribution in [3.63, 3.8) is 0 Å². The maximum absolute atomic E-state index is 13.2. The molecular formula is C23H26FN11O. The monoisotopic (exact) mass is 491 g/mol. The molecule has 0 unspecified atom stereocenters. The molecule has 0 saturated carbocycles. The van der Waals surface area contributed by atoms with Gasteiger partial charge in [-0.25, -0.2) is 14.4 Å². The number of nitrogens with zero attached hydrogens (tertiary/aromatic N) is 8. The van der Waals surface area contributed by atoms with Crippen LogP contribution < -0.4 is 15.5 Å². The second kappa shape index (κ2) is 11.0. The Morgan fingerprint density at radius 2 is 1.81 bits per heavy atom. The second-order valence-electron chi connectivity index (χ2n) is 8.27. The van der Waals surface area contributed by atoms with Gasteiger partial charge in [-0.05, 0) is 37.5 Å². The normalized spacial score (nSPS) is 14.4. The molecule has 0 spiro atoms. The lowest BCUT2D eigenvalue weighted by Gasteiger charge is -2.27. The summed E-state index contributed by atoms with van der Waals surface area (Å²) in [6.45, 7) is 4.37. The van der Waals surface area contributed by atoms with Gasteiger partial charge < -0.3 is 20.3 Å². The first-order valence-electron chi connectivity index (χ1n) is 11.7. The van der Waals surface area contributed by atoms with E-state index in [4.69, 9.17) is 4.74 Å². The van der Waals surface area contributed by atoms with E-state index in [1.54, 1.807) is 12.4 Å². The van der Waals surface area contributed by atoms with E-state index in [-0.39, 0.29) is 6.04 Å². The third-order valence-corrected chi connectivity index (χ3v) is 5.59. The zero-order valence-electron chi connectivity index (χ0n) is 19.7. The van der Waals surface area contributed by atoms with E-state index in [1.807, 2.05) is 30.0 Å². The number of morpholine rings is 1. The highest BCUT2D eigenvalue weighted by molar-refractivity contribution is 5.52. The van der Waals surface area contributed by atoms with Crippen LogP contribution in [0.1, 0.15) is 30.0 Å². The van der Waals surface area contributed by atoms with E-state index >= 15 is 0 Å². The van der Waals surface area contributed by atoms with E-state index < -0.39 is 5.82 Å². The highest BCUT2D eigenvalue weighted by Crippen LogP contribution is 2.21. The topological polar surface area (TPSA) is 143 Å². The molecule has 4 aromatic rings. The third kappa shape index (κ3) is 6.05. The number of aryl methyl sites for hydroxylation is 2. The molecule has 0 amide bonds. The van der Waals surface area contributed by atoms with Crippen LogP contribution >= 0.6 is 0 Å². The fourth-order valence-electron chi connectivity index (χ4n) is 3.69. The minimum Gasteiger partial charge on any atom is -0.378 e. The Labute approximate surface area is 206 Å². The summed E-state index contributed by atoms with van der Waals surface area (Å²) in [6, 6.07) is 5.57. The number of H-pyrrole nitrogens is 1. The average molecular weight is 492 g/mol. The minimum atomic E-state index is -0.494. The number of aromatic nitrogens is 8. The summed E-state index contributed by atoms with van der Waals surface area (Å²) in [6.07, 6.45) is 7.51. The highest BCUT2D eigenvalue weighted by atomic mass is 19.1. The van der Waals surface area contributed by atoms with Crippen LogP contribution in [-0.4, -0.2) is 66.4 Å². The van der Waals surface area contributed by atoms with E-state index in [9.17, 15) is 4.39 Å². The van der Waals surface area contributed by atoms with Crippen molar-refractivity contribution in [2.24, 2.45) is 0 Å². The maximum atomic E-state index is 13.2. The fraction of sp³-hybridized carbons (Fsp3) is 0.348. The summed E-state index contributed by atoms with van der Waals surface area (Å²) in [5, 5.41) is 13.8. The molecule has 0 aromatic carbocycles. The van der Waals surface area contributed by atoms with Crippen molar-refractivity contribution in [2.45, 2.75) is 25.8 Å². The van der Waals surface area contributed by atoms with Gasteiger partial charge in [-0.1, -0.05) is 0 Å². The lowest BCUT2D eigenvalue weighted by Crippen LogP contribution is -2.37. The van der Waals surface area contributed by atoms with Crippen molar-refractivity contribution in [3.05, 3.63) is 65.9 Å². The zero-order valence-corrected chi connectivity index (χ0v) is 19.7. The van der Waals surface area contributed by atoms with Crippen LogP contribution in [0.25, 0.3) is 0 Å². The molecule has 3 N–H and O–H groups in total. The number of hydrogen-bond acceptors (Lipinski definition) is 11. The molecule has 5 heterocycles. The SMILES string of the molecule is C[C@H](Nc1nc(Nc2cc(CCc3ccncc3)[nH]n2)nc(N2CCOCC2)n1)c1ncc(F)cn1. The Balaban J connectivity index is 1.32. The van der Waals surface area contributed by atoms with Gasteiger partial charge in [0, 0.05) is 37.2 Å². The van der Waals surface area contributed by atoms with Crippen molar-refractivity contribution in [3.8, 4) is 0 Å². The van der Waals surface area contributed by atoms with Crippen LogP contribution in [0, 0.1) is 5.82 Å². The van der Waals surface area contributed by atoms with Gasteiger partial charge in [-0.15, -0.1) is 0 Å².